The number of ether oxygens (including phenoxy) is 2. The predicted molar refractivity (Wildman–Crippen MR) is 240 cm³/mol. The van der Waals surface area contributed by atoms with Crippen LogP contribution in [0.4, 0.5) is 0 Å². The first-order valence-corrected chi connectivity index (χ1v) is 21.2. The maximum atomic E-state index is 6.47. The summed E-state index contributed by atoms with van der Waals surface area (Å²) in [6, 6.07) is 31.2. The third kappa shape index (κ3) is 9.62. The monoisotopic (exact) mass is 910 g/mol. The summed E-state index contributed by atoms with van der Waals surface area (Å²) in [4.78, 5) is 0. The van der Waals surface area contributed by atoms with E-state index < -0.39 is 0 Å². The highest BCUT2D eigenvalue weighted by Crippen LogP contribution is 2.47. The molecule has 0 aliphatic heterocycles. The maximum absolute atomic E-state index is 6.47. The molecule has 0 unspecified atom stereocenters. The van der Waals surface area contributed by atoms with Gasteiger partial charge in [0, 0.05) is 51.8 Å². The zero-order chi connectivity index (χ0) is 41.8. The molecule has 9 rings (SSSR count). The van der Waals surface area contributed by atoms with Crippen molar-refractivity contribution in [2.45, 2.75) is 50.7 Å². The van der Waals surface area contributed by atoms with E-state index in [1.165, 1.54) is 0 Å². The molecule has 0 atom stereocenters. The minimum atomic E-state index is 0.261. The number of benzene rings is 5. The van der Waals surface area contributed by atoms with Crippen molar-refractivity contribution >= 4 is 69.6 Å². The molecule has 7 aromatic rings. The lowest BCUT2D eigenvalue weighted by Gasteiger charge is -2.10. The highest BCUT2D eigenvalue weighted by molar-refractivity contribution is 6.39. The van der Waals surface area contributed by atoms with Crippen molar-refractivity contribution < 1.29 is 18.5 Å². The van der Waals surface area contributed by atoms with E-state index in [-0.39, 0.29) is 13.2 Å². The average molecular weight is 914 g/mol. The van der Waals surface area contributed by atoms with Gasteiger partial charge in [0.25, 0.3) is 0 Å². The van der Waals surface area contributed by atoms with Gasteiger partial charge in [-0.2, -0.15) is 0 Å². The number of halogens is 6. The number of rotatable bonds is 10. The molecule has 60 heavy (non-hydrogen) atoms. The van der Waals surface area contributed by atoms with Crippen molar-refractivity contribution in [3.8, 4) is 58.2 Å². The molecule has 0 saturated heterocycles. The Hall–Kier alpha value is -5.02. The summed E-state index contributed by atoms with van der Waals surface area (Å²) in [6.07, 6.45) is 9.68. The molecule has 0 radical (unpaired) electrons. The molecule has 5 aromatic carbocycles. The van der Waals surface area contributed by atoms with Gasteiger partial charge < -0.3 is 18.5 Å². The maximum Gasteiger partial charge on any atom is 0.147 e. The molecule has 12 heteroatoms. The molecular formula is C48H32Cl6N2O4. The number of hydrogen-bond donors (Lipinski definition) is 0. The van der Waals surface area contributed by atoms with Crippen LogP contribution in [0.1, 0.15) is 76.9 Å². The van der Waals surface area contributed by atoms with Crippen LogP contribution in [0.3, 0.4) is 0 Å². The van der Waals surface area contributed by atoms with E-state index in [4.69, 9.17) is 94.5 Å². The molecule has 0 spiro atoms. The molecule has 6 nitrogen and oxygen atoms in total. The Balaban J connectivity index is 0.000000170. The summed E-state index contributed by atoms with van der Waals surface area (Å²) < 4.78 is 23.4. The van der Waals surface area contributed by atoms with Gasteiger partial charge in [0.1, 0.15) is 47.6 Å². The Kier molecular flexibility index (Phi) is 13.0. The van der Waals surface area contributed by atoms with Gasteiger partial charge >= 0.3 is 0 Å². The van der Waals surface area contributed by atoms with Crippen LogP contribution >= 0.6 is 69.6 Å². The van der Waals surface area contributed by atoms with E-state index in [0.717, 1.165) is 59.5 Å². The second kappa shape index (κ2) is 18.7. The first-order chi connectivity index (χ1) is 29.2. The molecule has 2 fully saturated rings. The van der Waals surface area contributed by atoms with E-state index >= 15 is 0 Å². The first-order valence-electron chi connectivity index (χ1n) is 18.9. The lowest BCUT2D eigenvalue weighted by atomic mass is 10.0. The molecular weight excluding hydrogens is 881 g/mol. The SMILES string of the molecule is C#Cc1ccc(OCc2c(-c3c(Cl)cccc3Cl)noc2C2CC2)cc1Cl.Clc1cc(OCc2c(-c3c(Cl)cccc3Cl)noc2C2CC2)ccc1C#Cc1ccccc1. The molecule has 0 N–H and O–H groups in total. The van der Waals surface area contributed by atoms with Crippen molar-refractivity contribution in [3.05, 3.63) is 173 Å². The number of aromatic nitrogens is 2. The van der Waals surface area contributed by atoms with Crippen LogP contribution < -0.4 is 9.47 Å². The lowest BCUT2D eigenvalue weighted by Crippen LogP contribution is -2.00. The summed E-state index contributed by atoms with van der Waals surface area (Å²) in [7, 11) is 0. The number of terminal acetylenes is 1. The van der Waals surface area contributed by atoms with E-state index in [9.17, 15) is 0 Å². The third-order valence-corrected chi connectivity index (χ3v) is 11.7. The van der Waals surface area contributed by atoms with Crippen LogP contribution in [-0.4, -0.2) is 10.3 Å². The van der Waals surface area contributed by atoms with Gasteiger partial charge in [0.15, 0.2) is 0 Å². The van der Waals surface area contributed by atoms with E-state index in [2.05, 4.69) is 28.1 Å². The summed E-state index contributed by atoms with van der Waals surface area (Å²) in [5.41, 5.74) is 6.52. The van der Waals surface area contributed by atoms with Crippen LogP contribution in [0.2, 0.25) is 30.1 Å². The summed E-state index contributed by atoms with van der Waals surface area (Å²) in [6.45, 7) is 0.523. The van der Waals surface area contributed by atoms with Gasteiger partial charge in [-0.3, -0.25) is 0 Å². The largest absolute Gasteiger partial charge is 0.489 e. The second-order valence-electron chi connectivity index (χ2n) is 14.1. The Bertz CT molecular complexity index is 2750. The van der Waals surface area contributed by atoms with E-state index in [1.807, 2.05) is 42.5 Å². The van der Waals surface area contributed by atoms with Crippen LogP contribution in [-0.2, 0) is 13.2 Å². The Morgan fingerprint density at radius 3 is 1.40 bits per heavy atom. The average Bonchev–Trinajstić information content (AvgIpc) is 4.19. The fraction of sp³-hybridized carbons (Fsp3) is 0.167. The molecule has 300 valence electrons. The molecule has 2 heterocycles. The summed E-state index contributed by atoms with van der Waals surface area (Å²) in [5.74, 6) is 12.4. The molecule has 2 aliphatic carbocycles. The van der Waals surface area contributed by atoms with Crippen molar-refractivity contribution in [3.63, 3.8) is 0 Å². The zero-order valence-corrected chi connectivity index (χ0v) is 36.1. The topological polar surface area (TPSA) is 70.5 Å². The van der Waals surface area contributed by atoms with Gasteiger partial charge in [-0.05, 0) is 86.3 Å². The smallest absolute Gasteiger partial charge is 0.147 e. The zero-order valence-electron chi connectivity index (χ0n) is 31.6. The van der Waals surface area contributed by atoms with Crippen molar-refractivity contribution in [2.75, 3.05) is 0 Å². The minimum Gasteiger partial charge on any atom is -0.489 e. The van der Waals surface area contributed by atoms with Gasteiger partial charge in [0.05, 0.1) is 41.3 Å². The van der Waals surface area contributed by atoms with Crippen molar-refractivity contribution in [1.29, 1.82) is 0 Å². The minimum absolute atomic E-state index is 0.261. The highest BCUT2D eigenvalue weighted by atomic mass is 35.5. The Labute approximate surface area is 377 Å². The fourth-order valence-corrected chi connectivity index (χ4v) is 8.05. The molecule has 2 aromatic heterocycles. The van der Waals surface area contributed by atoms with Gasteiger partial charge in [-0.25, -0.2) is 0 Å². The van der Waals surface area contributed by atoms with Crippen molar-refractivity contribution in [2.24, 2.45) is 0 Å². The van der Waals surface area contributed by atoms with Crippen LogP contribution in [0.15, 0.2) is 112 Å². The first kappa shape index (κ1) is 41.7. The van der Waals surface area contributed by atoms with Crippen molar-refractivity contribution in [1.82, 2.24) is 10.3 Å². The Morgan fingerprint density at radius 2 is 0.983 bits per heavy atom. The van der Waals surface area contributed by atoms with E-state index in [1.54, 1.807) is 60.7 Å². The van der Waals surface area contributed by atoms with Crippen LogP contribution in [0, 0.1) is 24.2 Å². The Morgan fingerprint density at radius 1 is 0.533 bits per heavy atom. The van der Waals surface area contributed by atoms with Crippen LogP contribution in [0.25, 0.3) is 22.5 Å². The summed E-state index contributed by atoms with van der Waals surface area (Å²) in [5, 5.41) is 11.6. The fourth-order valence-electron chi connectivity index (χ4n) is 6.46. The quantitative estimate of drug-likeness (QED) is 0.127. The predicted octanol–water partition coefficient (Wildman–Crippen LogP) is 14.9. The van der Waals surface area contributed by atoms with Crippen LogP contribution in [0.5, 0.6) is 11.5 Å². The van der Waals surface area contributed by atoms with E-state index in [0.29, 0.717) is 81.5 Å². The lowest BCUT2D eigenvalue weighted by molar-refractivity contribution is 0.300. The third-order valence-electron chi connectivity index (χ3n) is 9.85. The molecule has 0 amide bonds. The second-order valence-corrected chi connectivity index (χ2v) is 16.6. The van der Waals surface area contributed by atoms with Gasteiger partial charge in [-0.1, -0.05) is 128 Å². The number of nitrogens with zero attached hydrogens (tertiary/aromatic N) is 2. The normalized spacial score (nSPS) is 13.1. The molecule has 0 bridgehead atoms. The molecule has 2 aliphatic rings. The highest BCUT2D eigenvalue weighted by Gasteiger charge is 2.35. The van der Waals surface area contributed by atoms with Gasteiger partial charge in [0.2, 0.25) is 0 Å². The molecule has 2 saturated carbocycles. The summed E-state index contributed by atoms with van der Waals surface area (Å²) >= 11 is 38.2. The standard InChI is InChI=1S/C27H18Cl3NO2.C21H14Cl3NO2/c28-22-7-4-8-23(29)25(22)26-21(27(33-31-26)19-11-12-19)16-32-20-14-13-18(24(30)15-20)10-9-17-5-2-1-3-6-17;1-2-12-8-9-14(10-18(12)24)26-11-15-20(25-27-21(15)13-6-7-13)19-16(22)4-3-5-17(19)23/h1-8,13-15,19H,11-12,16H2;1,3-5,8-10,13H,6-7,11H2. The van der Waals surface area contributed by atoms with Gasteiger partial charge in [-0.15, -0.1) is 6.42 Å². The number of hydrogen-bond acceptors (Lipinski definition) is 6.